The molecular weight excluding hydrogens is 403 g/mol. The van der Waals surface area contributed by atoms with Crippen molar-refractivity contribution in [3.63, 3.8) is 0 Å². The summed E-state index contributed by atoms with van der Waals surface area (Å²) in [7, 11) is 3.66. The van der Waals surface area contributed by atoms with Crippen molar-refractivity contribution < 1.29 is 13.9 Å². The molecule has 0 N–H and O–H groups in total. The van der Waals surface area contributed by atoms with E-state index in [1.165, 1.54) is 0 Å². The Morgan fingerprint density at radius 2 is 1.75 bits per heavy atom. The first-order valence-corrected chi connectivity index (χ1v) is 10.8. The molecule has 0 saturated carbocycles. The second-order valence-corrected chi connectivity index (χ2v) is 8.94. The van der Waals surface area contributed by atoms with Crippen LogP contribution in [-0.4, -0.2) is 25.9 Å². The van der Waals surface area contributed by atoms with E-state index in [0.29, 0.717) is 23.0 Å². The molecule has 4 rings (SSSR count). The monoisotopic (exact) mass is 432 g/mol. The highest BCUT2D eigenvalue weighted by molar-refractivity contribution is 5.84. The number of hydrogen-bond acceptors (Lipinski definition) is 4. The van der Waals surface area contributed by atoms with Gasteiger partial charge in [0.1, 0.15) is 23.1 Å². The first kappa shape index (κ1) is 21.9. The predicted molar refractivity (Wildman–Crippen MR) is 129 cm³/mol. The van der Waals surface area contributed by atoms with E-state index >= 15 is 0 Å². The number of anilines is 1. The van der Waals surface area contributed by atoms with Crippen LogP contribution >= 0.6 is 0 Å². The number of benzene rings is 3. The van der Waals surface area contributed by atoms with E-state index < -0.39 is 0 Å². The van der Waals surface area contributed by atoms with Crippen molar-refractivity contribution in [2.75, 3.05) is 19.1 Å². The summed E-state index contributed by atoms with van der Waals surface area (Å²) in [4.78, 5) is 6.65. The molecule has 166 valence electrons. The van der Waals surface area contributed by atoms with Gasteiger partial charge >= 0.3 is 0 Å². The molecule has 32 heavy (non-hydrogen) atoms. The van der Waals surface area contributed by atoms with Crippen LogP contribution in [0.25, 0.3) is 0 Å². The average molecular weight is 433 g/mol. The quantitative estimate of drug-likeness (QED) is 0.403. The molecule has 4 nitrogen and oxygen atoms in total. The van der Waals surface area contributed by atoms with Gasteiger partial charge in [0, 0.05) is 36.1 Å². The zero-order chi connectivity index (χ0) is 22.9. The lowest BCUT2D eigenvalue weighted by molar-refractivity contribution is 0.394. The summed E-state index contributed by atoms with van der Waals surface area (Å²) in [5.41, 5.74) is 3.36. The molecule has 0 saturated heterocycles. The van der Waals surface area contributed by atoms with E-state index in [9.17, 15) is 4.39 Å². The topological polar surface area (TPSA) is 34.1 Å². The Labute approximate surface area is 189 Å². The van der Waals surface area contributed by atoms with E-state index in [1.807, 2.05) is 61.6 Å². The Hall–Kier alpha value is -3.34. The van der Waals surface area contributed by atoms with Crippen LogP contribution in [0.3, 0.4) is 0 Å². The maximum Gasteiger partial charge on any atom is 0.134 e. The number of hydrogen-bond donors (Lipinski definition) is 0. The SMILES string of the molecule is COc1cccc(Oc2ccc(N=Cc3cc4c(cc3F)N(C)C(C)(C)CC4C)cc2)c1. The van der Waals surface area contributed by atoms with Gasteiger partial charge in [-0.2, -0.15) is 0 Å². The van der Waals surface area contributed by atoms with Gasteiger partial charge in [-0.3, -0.25) is 4.99 Å². The van der Waals surface area contributed by atoms with Crippen molar-refractivity contribution in [3.8, 4) is 17.2 Å². The molecule has 0 aliphatic carbocycles. The Bertz CT molecular complexity index is 1140. The van der Waals surface area contributed by atoms with Gasteiger partial charge in [-0.15, -0.1) is 0 Å². The van der Waals surface area contributed by atoms with Gasteiger partial charge in [0.05, 0.1) is 12.8 Å². The van der Waals surface area contributed by atoms with Gasteiger partial charge < -0.3 is 14.4 Å². The largest absolute Gasteiger partial charge is 0.497 e. The van der Waals surface area contributed by atoms with E-state index in [1.54, 1.807) is 19.4 Å². The number of halogens is 1. The summed E-state index contributed by atoms with van der Waals surface area (Å²) in [6.45, 7) is 6.59. The van der Waals surface area contributed by atoms with Crippen LogP contribution in [0.1, 0.15) is 44.2 Å². The molecule has 0 bridgehead atoms. The number of fused-ring (bicyclic) bond motifs is 1. The smallest absolute Gasteiger partial charge is 0.134 e. The van der Waals surface area contributed by atoms with Crippen LogP contribution in [0, 0.1) is 5.82 Å². The van der Waals surface area contributed by atoms with Crippen molar-refractivity contribution in [2.24, 2.45) is 4.99 Å². The summed E-state index contributed by atoms with van der Waals surface area (Å²) in [6, 6.07) is 18.4. The van der Waals surface area contributed by atoms with Crippen LogP contribution in [-0.2, 0) is 0 Å². The molecule has 1 aliphatic heterocycles. The maximum absolute atomic E-state index is 14.9. The zero-order valence-electron chi connectivity index (χ0n) is 19.2. The fourth-order valence-corrected chi connectivity index (χ4v) is 4.25. The van der Waals surface area contributed by atoms with Gasteiger partial charge in [0.15, 0.2) is 0 Å². The van der Waals surface area contributed by atoms with Crippen LogP contribution < -0.4 is 14.4 Å². The predicted octanol–water partition coefficient (Wildman–Crippen LogP) is 7.10. The summed E-state index contributed by atoms with van der Waals surface area (Å²) in [5.74, 6) is 2.22. The van der Waals surface area contributed by atoms with Gasteiger partial charge in [-0.1, -0.05) is 13.0 Å². The molecule has 0 amide bonds. The highest BCUT2D eigenvalue weighted by atomic mass is 19.1. The molecule has 3 aromatic carbocycles. The zero-order valence-corrected chi connectivity index (χ0v) is 19.2. The van der Waals surface area contributed by atoms with E-state index in [0.717, 1.165) is 29.1 Å². The second kappa shape index (κ2) is 8.65. The Morgan fingerprint density at radius 3 is 2.47 bits per heavy atom. The highest BCUT2D eigenvalue weighted by Crippen LogP contribution is 2.43. The lowest BCUT2D eigenvalue weighted by Crippen LogP contribution is -2.45. The first-order valence-electron chi connectivity index (χ1n) is 10.8. The van der Waals surface area contributed by atoms with E-state index in [4.69, 9.17) is 9.47 Å². The van der Waals surface area contributed by atoms with Crippen LogP contribution in [0.2, 0.25) is 0 Å². The molecule has 1 aliphatic rings. The molecular formula is C27H29FN2O2. The van der Waals surface area contributed by atoms with Crippen molar-refractivity contribution in [1.29, 1.82) is 0 Å². The average Bonchev–Trinajstić information content (AvgIpc) is 2.77. The van der Waals surface area contributed by atoms with Crippen molar-refractivity contribution in [2.45, 2.75) is 38.6 Å². The van der Waals surface area contributed by atoms with E-state index in [-0.39, 0.29) is 11.4 Å². The fraction of sp³-hybridized carbons (Fsp3) is 0.296. The molecule has 0 spiro atoms. The summed E-state index contributed by atoms with van der Waals surface area (Å²) in [6.07, 6.45) is 2.62. The number of nitrogens with zero attached hydrogens (tertiary/aromatic N) is 2. The standard InChI is InChI=1S/C27H29FN2O2/c1-18-16-27(2,3)30(4)26-15-25(28)19(13-24(18)26)17-29-20-9-11-21(12-10-20)32-23-8-6-7-22(14-23)31-5/h6-15,17-18H,16H2,1-5H3. The number of aliphatic imine (C=N–C) groups is 1. The lowest BCUT2D eigenvalue weighted by Gasteiger charge is -2.45. The van der Waals surface area contributed by atoms with Crippen molar-refractivity contribution in [1.82, 2.24) is 0 Å². The normalized spacial score (nSPS) is 17.3. The lowest BCUT2D eigenvalue weighted by atomic mass is 9.80. The number of ether oxygens (including phenoxy) is 2. The molecule has 0 fully saturated rings. The Balaban J connectivity index is 1.52. The van der Waals surface area contributed by atoms with Crippen LogP contribution in [0.5, 0.6) is 17.2 Å². The number of rotatable bonds is 5. The third kappa shape index (κ3) is 4.47. The third-order valence-electron chi connectivity index (χ3n) is 6.22. The van der Waals surface area contributed by atoms with Crippen LogP contribution in [0.15, 0.2) is 65.7 Å². The Kier molecular flexibility index (Phi) is 5.92. The van der Waals surface area contributed by atoms with Gasteiger partial charge in [-0.25, -0.2) is 4.39 Å². The summed E-state index contributed by atoms with van der Waals surface area (Å²) in [5, 5.41) is 0. The molecule has 5 heteroatoms. The van der Waals surface area contributed by atoms with Crippen molar-refractivity contribution >= 4 is 17.6 Å². The molecule has 0 radical (unpaired) electrons. The summed E-state index contributed by atoms with van der Waals surface area (Å²) >= 11 is 0. The van der Waals surface area contributed by atoms with E-state index in [2.05, 4.69) is 30.7 Å². The Morgan fingerprint density at radius 1 is 1.03 bits per heavy atom. The molecule has 1 heterocycles. The minimum absolute atomic E-state index is 0.00314. The van der Waals surface area contributed by atoms with Crippen LogP contribution in [0.4, 0.5) is 15.8 Å². The van der Waals surface area contributed by atoms with Gasteiger partial charge in [-0.05, 0) is 80.3 Å². The van der Waals surface area contributed by atoms with Gasteiger partial charge in [0.25, 0.3) is 0 Å². The third-order valence-corrected chi connectivity index (χ3v) is 6.22. The fourth-order valence-electron chi connectivity index (χ4n) is 4.25. The highest BCUT2D eigenvalue weighted by Gasteiger charge is 2.34. The number of methoxy groups -OCH3 is 1. The second-order valence-electron chi connectivity index (χ2n) is 8.94. The molecule has 1 atom stereocenters. The molecule has 0 aromatic heterocycles. The maximum atomic E-state index is 14.9. The molecule has 3 aromatic rings. The molecule has 1 unspecified atom stereocenters. The van der Waals surface area contributed by atoms with Crippen molar-refractivity contribution in [3.05, 3.63) is 77.6 Å². The minimum atomic E-state index is -0.262. The first-order chi connectivity index (χ1) is 15.3. The van der Waals surface area contributed by atoms with Gasteiger partial charge in [0.2, 0.25) is 0 Å². The summed E-state index contributed by atoms with van der Waals surface area (Å²) < 4.78 is 25.9. The minimum Gasteiger partial charge on any atom is -0.497 e.